The summed E-state index contributed by atoms with van der Waals surface area (Å²) in [5, 5.41) is 0. The van der Waals surface area contributed by atoms with Gasteiger partial charge in [0.15, 0.2) is 0 Å². The highest BCUT2D eigenvalue weighted by molar-refractivity contribution is 5.31. The van der Waals surface area contributed by atoms with Crippen LogP contribution in [0.2, 0.25) is 0 Å². The monoisotopic (exact) mass is 459 g/mol. The molecule has 3 aliphatic heterocycles. The van der Waals surface area contributed by atoms with Crippen molar-refractivity contribution in [1.82, 2.24) is 14.7 Å². The van der Waals surface area contributed by atoms with E-state index in [-0.39, 0.29) is 0 Å². The van der Waals surface area contributed by atoms with Crippen LogP contribution in [0, 0.1) is 0 Å². The lowest BCUT2D eigenvalue weighted by molar-refractivity contribution is 0.0374. The minimum atomic E-state index is 0.895. The SMILES string of the molecule is c1c(CCCN2CCOCC2)cc(CCCN2CCOCC2)cc1CCCN1CCOCC1. The first kappa shape index (κ1) is 25.1. The molecule has 186 valence electrons. The molecule has 3 aliphatic rings. The van der Waals surface area contributed by atoms with Gasteiger partial charge in [0.2, 0.25) is 0 Å². The van der Waals surface area contributed by atoms with E-state index >= 15 is 0 Å². The zero-order chi connectivity index (χ0) is 22.6. The number of aryl methyl sites for hydroxylation is 3. The number of ether oxygens (including phenoxy) is 3. The topological polar surface area (TPSA) is 37.4 Å². The first-order valence-corrected chi connectivity index (χ1v) is 13.4. The Balaban J connectivity index is 1.28. The van der Waals surface area contributed by atoms with E-state index in [1.807, 2.05) is 0 Å². The molecule has 0 atom stereocenters. The summed E-state index contributed by atoms with van der Waals surface area (Å²) < 4.78 is 16.5. The lowest BCUT2D eigenvalue weighted by atomic mass is 9.97. The van der Waals surface area contributed by atoms with E-state index in [0.29, 0.717) is 0 Å². The molecule has 4 rings (SSSR count). The molecule has 3 saturated heterocycles. The lowest BCUT2D eigenvalue weighted by Crippen LogP contribution is -2.37. The smallest absolute Gasteiger partial charge is 0.0594 e. The fourth-order valence-electron chi connectivity index (χ4n) is 5.27. The summed E-state index contributed by atoms with van der Waals surface area (Å²) >= 11 is 0. The Hall–Kier alpha value is -1.02. The van der Waals surface area contributed by atoms with Crippen LogP contribution in [-0.2, 0) is 33.5 Å². The van der Waals surface area contributed by atoms with Gasteiger partial charge in [-0.05, 0) is 74.8 Å². The van der Waals surface area contributed by atoms with Crippen molar-refractivity contribution >= 4 is 0 Å². The number of rotatable bonds is 12. The Morgan fingerprint density at radius 3 is 1.00 bits per heavy atom. The highest BCUT2D eigenvalue weighted by Crippen LogP contribution is 2.17. The number of morpholine rings is 3. The molecule has 0 unspecified atom stereocenters. The van der Waals surface area contributed by atoms with Gasteiger partial charge in [-0.3, -0.25) is 14.7 Å². The normalized spacial score (nSPS) is 21.5. The van der Waals surface area contributed by atoms with Crippen molar-refractivity contribution in [3.8, 4) is 0 Å². The van der Waals surface area contributed by atoms with Gasteiger partial charge in [-0.15, -0.1) is 0 Å². The Labute approximate surface area is 201 Å². The van der Waals surface area contributed by atoms with E-state index in [1.54, 1.807) is 0 Å². The van der Waals surface area contributed by atoms with Crippen LogP contribution in [0.5, 0.6) is 0 Å². The summed E-state index contributed by atoms with van der Waals surface area (Å²) in [6.07, 6.45) is 7.28. The van der Waals surface area contributed by atoms with E-state index in [0.717, 1.165) is 78.9 Å². The van der Waals surface area contributed by atoms with Gasteiger partial charge in [0.05, 0.1) is 39.6 Å². The molecule has 0 N–H and O–H groups in total. The zero-order valence-corrected chi connectivity index (χ0v) is 20.6. The predicted molar refractivity (Wildman–Crippen MR) is 133 cm³/mol. The Kier molecular flexibility index (Phi) is 10.9. The third-order valence-corrected chi connectivity index (χ3v) is 7.24. The maximum absolute atomic E-state index is 5.50. The van der Waals surface area contributed by atoms with Crippen molar-refractivity contribution in [1.29, 1.82) is 0 Å². The molecule has 3 heterocycles. The highest BCUT2D eigenvalue weighted by atomic mass is 16.5. The molecule has 0 spiro atoms. The van der Waals surface area contributed by atoms with Gasteiger partial charge in [-0.1, -0.05) is 18.2 Å². The van der Waals surface area contributed by atoms with Crippen LogP contribution in [-0.4, -0.2) is 113 Å². The van der Waals surface area contributed by atoms with E-state index in [2.05, 4.69) is 32.9 Å². The average molecular weight is 460 g/mol. The van der Waals surface area contributed by atoms with Gasteiger partial charge in [-0.25, -0.2) is 0 Å². The fourth-order valence-corrected chi connectivity index (χ4v) is 5.27. The van der Waals surface area contributed by atoms with E-state index in [9.17, 15) is 0 Å². The molecule has 1 aromatic carbocycles. The summed E-state index contributed by atoms with van der Waals surface area (Å²) in [6, 6.07) is 7.47. The van der Waals surface area contributed by atoms with Gasteiger partial charge in [-0.2, -0.15) is 0 Å². The quantitative estimate of drug-likeness (QED) is 0.478. The molecular formula is C27H45N3O3. The molecule has 0 radical (unpaired) electrons. The molecule has 33 heavy (non-hydrogen) atoms. The summed E-state index contributed by atoms with van der Waals surface area (Å²) in [5.74, 6) is 0. The number of nitrogens with zero attached hydrogens (tertiary/aromatic N) is 3. The summed E-state index contributed by atoms with van der Waals surface area (Å²) in [5.41, 5.74) is 4.61. The largest absolute Gasteiger partial charge is 0.379 e. The van der Waals surface area contributed by atoms with Crippen molar-refractivity contribution in [3.63, 3.8) is 0 Å². The van der Waals surface area contributed by atoms with Crippen molar-refractivity contribution in [2.75, 3.05) is 98.5 Å². The van der Waals surface area contributed by atoms with E-state index in [1.165, 1.54) is 74.8 Å². The molecule has 0 bridgehead atoms. The first-order chi connectivity index (χ1) is 16.3. The molecule has 0 aliphatic carbocycles. The summed E-state index contributed by atoms with van der Waals surface area (Å²) in [6.45, 7) is 15.5. The van der Waals surface area contributed by atoms with Crippen molar-refractivity contribution in [3.05, 3.63) is 34.9 Å². The number of hydrogen-bond acceptors (Lipinski definition) is 6. The second-order valence-electron chi connectivity index (χ2n) is 9.83. The fraction of sp³-hybridized carbons (Fsp3) is 0.778. The standard InChI is InChI=1S/C27H45N3O3/c1(7-28-10-16-31-17-11-28)4-25-22-26(5-2-8-29-12-18-32-19-13-29)24-27(23-25)6-3-9-30-14-20-33-21-15-30/h22-24H,1-21H2. The molecule has 6 nitrogen and oxygen atoms in total. The predicted octanol–water partition coefficient (Wildman–Crippen LogP) is 2.48. The summed E-state index contributed by atoms with van der Waals surface area (Å²) in [4.78, 5) is 7.66. The third kappa shape index (κ3) is 9.27. The molecule has 0 amide bonds. The third-order valence-electron chi connectivity index (χ3n) is 7.24. The van der Waals surface area contributed by atoms with Crippen LogP contribution in [0.15, 0.2) is 18.2 Å². The van der Waals surface area contributed by atoms with Crippen LogP contribution in [0.3, 0.4) is 0 Å². The summed E-state index contributed by atoms with van der Waals surface area (Å²) in [7, 11) is 0. The van der Waals surface area contributed by atoms with Crippen molar-refractivity contribution < 1.29 is 14.2 Å². The second-order valence-corrected chi connectivity index (χ2v) is 9.83. The van der Waals surface area contributed by atoms with E-state index < -0.39 is 0 Å². The Morgan fingerprint density at radius 2 is 0.727 bits per heavy atom. The van der Waals surface area contributed by atoms with Gasteiger partial charge in [0.25, 0.3) is 0 Å². The van der Waals surface area contributed by atoms with Gasteiger partial charge in [0, 0.05) is 39.3 Å². The molecular weight excluding hydrogens is 414 g/mol. The maximum Gasteiger partial charge on any atom is 0.0594 e. The number of benzene rings is 1. The van der Waals surface area contributed by atoms with Gasteiger partial charge in [0.1, 0.15) is 0 Å². The molecule has 1 aromatic rings. The second kappa shape index (κ2) is 14.4. The maximum atomic E-state index is 5.50. The molecule has 3 fully saturated rings. The van der Waals surface area contributed by atoms with Gasteiger partial charge >= 0.3 is 0 Å². The van der Waals surface area contributed by atoms with E-state index in [4.69, 9.17) is 14.2 Å². The minimum absolute atomic E-state index is 0.895. The minimum Gasteiger partial charge on any atom is -0.379 e. The average Bonchev–Trinajstić information content (AvgIpc) is 2.86. The van der Waals surface area contributed by atoms with Crippen LogP contribution >= 0.6 is 0 Å². The molecule has 0 aromatic heterocycles. The molecule has 6 heteroatoms. The highest BCUT2D eigenvalue weighted by Gasteiger charge is 2.13. The van der Waals surface area contributed by atoms with Crippen LogP contribution in [0.1, 0.15) is 36.0 Å². The van der Waals surface area contributed by atoms with Crippen molar-refractivity contribution in [2.45, 2.75) is 38.5 Å². The lowest BCUT2D eigenvalue weighted by Gasteiger charge is -2.27. The Morgan fingerprint density at radius 1 is 0.455 bits per heavy atom. The first-order valence-electron chi connectivity index (χ1n) is 13.4. The Bertz CT molecular complexity index is 566. The van der Waals surface area contributed by atoms with Gasteiger partial charge < -0.3 is 14.2 Å². The molecule has 0 saturated carbocycles. The zero-order valence-electron chi connectivity index (χ0n) is 20.6. The van der Waals surface area contributed by atoms with Crippen LogP contribution < -0.4 is 0 Å². The van der Waals surface area contributed by atoms with Crippen LogP contribution in [0.4, 0.5) is 0 Å². The number of hydrogen-bond donors (Lipinski definition) is 0. The van der Waals surface area contributed by atoms with Crippen LogP contribution in [0.25, 0.3) is 0 Å². The van der Waals surface area contributed by atoms with Crippen molar-refractivity contribution in [2.24, 2.45) is 0 Å².